The lowest BCUT2D eigenvalue weighted by molar-refractivity contribution is -0.145. The van der Waals surface area contributed by atoms with Crippen molar-refractivity contribution in [3.8, 4) is 0 Å². The summed E-state index contributed by atoms with van der Waals surface area (Å²) in [5.74, 6) is -0.725. The molecule has 0 spiro atoms. The summed E-state index contributed by atoms with van der Waals surface area (Å²) in [6.07, 6.45) is 4.71. The van der Waals surface area contributed by atoms with Crippen LogP contribution in [0.2, 0.25) is 0 Å². The molecule has 1 heterocycles. The summed E-state index contributed by atoms with van der Waals surface area (Å²) in [7, 11) is 1.31. The smallest absolute Gasteiger partial charge is 0.325 e. The van der Waals surface area contributed by atoms with Gasteiger partial charge in [-0.2, -0.15) is 0 Å². The maximum atomic E-state index is 12.5. The third-order valence-electron chi connectivity index (χ3n) is 3.57. The van der Waals surface area contributed by atoms with E-state index in [9.17, 15) is 9.59 Å². The number of nitrogens with zero attached hydrogens (tertiary/aromatic N) is 2. The fraction of sp³-hybridized carbons (Fsp3) is 0.211. The molecule has 0 fully saturated rings. The van der Waals surface area contributed by atoms with Gasteiger partial charge in [0.05, 0.1) is 12.8 Å². The van der Waals surface area contributed by atoms with E-state index in [1.165, 1.54) is 18.1 Å². The molecule has 2 rings (SSSR count). The van der Waals surface area contributed by atoms with E-state index in [0.29, 0.717) is 12.2 Å². The molecule has 24 heavy (non-hydrogen) atoms. The molecule has 0 radical (unpaired) electrons. The first-order valence-electron chi connectivity index (χ1n) is 7.59. The van der Waals surface area contributed by atoms with Crippen LogP contribution in [0.5, 0.6) is 0 Å². The van der Waals surface area contributed by atoms with Crippen molar-refractivity contribution in [3.63, 3.8) is 0 Å². The number of amides is 1. The summed E-state index contributed by atoms with van der Waals surface area (Å²) in [5.41, 5.74) is 2.73. The van der Waals surface area contributed by atoms with Crippen LogP contribution >= 0.6 is 0 Å². The van der Waals surface area contributed by atoms with E-state index >= 15 is 0 Å². The fourth-order valence-electron chi connectivity index (χ4n) is 2.16. The minimum absolute atomic E-state index is 0.101. The number of hydrogen-bond acceptors (Lipinski definition) is 4. The summed E-state index contributed by atoms with van der Waals surface area (Å²) >= 11 is 0. The molecule has 1 amide bonds. The Morgan fingerprint density at radius 1 is 1.17 bits per heavy atom. The van der Waals surface area contributed by atoms with Crippen molar-refractivity contribution in [1.29, 1.82) is 0 Å². The maximum Gasteiger partial charge on any atom is 0.325 e. The molecule has 0 aliphatic carbocycles. The first-order valence-corrected chi connectivity index (χ1v) is 7.59. The van der Waals surface area contributed by atoms with Crippen molar-refractivity contribution in [1.82, 2.24) is 9.88 Å². The van der Waals surface area contributed by atoms with Crippen molar-refractivity contribution in [3.05, 3.63) is 71.6 Å². The zero-order chi connectivity index (χ0) is 17.4. The van der Waals surface area contributed by atoms with Crippen LogP contribution in [0.25, 0.3) is 6.08 Å². The van der Waals surface area contributed by atoms with Crippen molar-refractivity contribution >= 4 is 18.0 Å². The number of rotatable bonds is 6. The van der Waals surface area contributed by atoms with Gasteiger partial charge in [-0.15, -0.1) is 0 Å². The topological polar surface area (TPSA) is 59.5 Å². The SMILES string of the molecule is COC(=O)CN(Cc1ccccc1C)C(=O)/C=C/c1ccccn1. The van der Waals surface area contributed by atoms with Crippen LogP contribution in [0.1, 0.15) is 16.8 Å². The van der Waals surface area contributed by atoms with Crippen LogP contribution < -0.4 is 0 Å². The Hall–Kier alpha value is -2.95. The van der Waals surface area contributed by atoms with E-state index in [2.05, 4.69) is 4.98 Å². The zero-order valence-corrected chi connectivity index (χ0v) is 13.8. The Labute approximate surface area is 141 Å². The second-order valence-corrected chi connectivity index (χ2v) is 5.28. The predicted octanol–water partition coefficient (Wildman–Crippen LogP) is 2.61. The van der Waals surface area contributed by atoms with Crippen molar-refractivity contribution in [2.24, 2.45) is 0 Å². The Kier molecular flexibility index (Phi) is 6.25. The first kappa shape index (κ1) is 17.4. The van der Waals surface area contributed by atoms with Crippen molar-refractivity contribution < 1.29 is 14.3 Å². The number of pyridine rings is 1. The maximum absolute atomic E-state index is 12.5. The predicted molar refractivity (Wildman–Crippen MR) is 91.9 cm³/mol. The normalized spacial score (nSPS) is 10.6. The number of methoxy groups -OCH3 is 1. The van der Waals surface area contributed by atoms with Crippen LogP contribution in [0.3, 0.4) is 0 Å². The molecule has 0 unspecified atom stereocenters. The van der Waals surface area contributed by atoms with Gasteiger partial charge in [-0.05, 0) is 36.3 Å². The van der Waals surface area contributed by atoms with E-state index in [1.807, 2.05) is 37.3 Å². The van der Waals surface area contributed by atoms with E-state index < -0.39 is 5.97 Å². The largest absolute Gasteiger partial charge is 0.468 e. The third kappa shape index (κ3) is 5.05. The molecule has 0 saturated carbocycles. The number of aromatic nitrogens is 1. The van der Waals surface area contributed by atoms with Crippen LogP contribution in [-0.4, -0.2) is 35.4 Å². The van der Waals surface area contributed by atoms with Gasteiger partial charge >= 0.3 is 5.97 Å². The van der Waals surface area contributed by atoms with Gasteiger partial charge in [-0.25, -0.2) is 0 Å². The molecule has 124 valence electrons. The van der Waals surface area contributed by atoms with Crippen LogP contribution in [0, 0.1) is 6.92 Å². The lowest BCUT2D eigenvalue weighted by Crippen LogP contribution is -2.34. The highest BCUT2D eigenvalue weighted by atomic mass is 16.5. The number of aryl methyl sites for hydroxylation is 1. The van der Waals surface area contributed by atoms with Gasteiger partial charge in [0.25, 0.3) is 0 Å². The lowest BCUT2D eigenvalue weighted by Gasteiger charge is -2.21. The minimum Gasteiger partial charge on any atom is -0.468 e. The van der Waals surface area contributed by atoms with Gasteiger partial charge in [-0.1, -0.05) is 30.3 Å². The van der Waals surface area contributed by atoms with Gasteiger partial charge < -0.3 is 9.64 Å². The quantitative estimate of drug-likeness (QED) is 0.605. The molecule has 0 bridgehead atoms. The Bertz CT molecular complexity index is 726. The van der Waals surface area contributed by atoms with Gasteiger partial charge in [0, 0.05) is 18.8 Å². The summed E-state index contributed by atoms with van der Waals surface area (Å²) in [6.45, 7) is 2.21. The average Bonchev–Trinajstić information content (AvgIpc) is 2.61. The van der Waals surface area contributed by atoms with Gasteiger partial charge in [-0.3, -0.25) is 14.6 Å². The lowest BCUT2D eigenvalue weighted by atomic mass is 10.1. The second kappa shape index (κ2) is 8.62. The number of benzene rings is 1. The summed E-state index contributed by atoms with van der Waals surface area (Å²) in [5, 5.41) is 0. The minimum atomic E-state index is -0.455. The Balaban J connectivity index is 2.15. The zero-order valence-electron chi connectivity index (χ0n) is 13.8. The summed E-state index contributed by atoms with van der Waals surface area (Å²) in [4.78, 5) is 29.7. The van der Waals surface area contributed by atoms with Crippen LogP contribution in [0.4, 0.5) is 0 Å². The molecule has 0 atom stereocenters. The van der Waals surface area contributed by atoms with E-state index in [0.717, 1.165) is 11.1 Å². The molecule has 5 heteroatoms. The Morgan fingerprint density at radius 3 is 2.58 bits per heavy atom. The molecule has 0 aliphatic heterocycles. The van der Waals surface area contributed by atoms with Gasteiger partial charge in [0.2, 0.25) is 5.91 Å². The number of carbonyl (C=O) groups is 2. The average molecular weight is 324 g/mol. The highest BCUT2D eigenvalue weighted by Gasteiger charge is 2.16. The van der Waals surface area contributed by atoms with E-state index in [1.54, 1.807) is 24.4 Å². The number of carbonyl (C=O) groups excluding carboxylic acids is 2. The molecule has 5 nitrogen and oxygen atoms in total. The molecule has 0 saturated heterocycles. The molecule has 2 aromatic rings. The van der Waals surface area contributed by atoms with E-state index in [-0.39, 0.29) is 12.5 Å². The van der Waals surface area contributed by atoms with Crippen molar-refractivity contribution in [2.45, 2.75) is 13.5 Å². The van der Waals surface area contributed by atoms with E-state index in [4.69, 9.17) is 4.74 Å². The highest BCUT2D eigenvalue weighted by Crippen LogP contribution is 2.11. The monoisotopic (exact) mass is 324 g/mol. The van der Waals surface area contributed by atoms with Gasteiger partial charge in [0.1, 0.15) is 6.54 Å². The number of hydrogen-bond donors (Lipinski definition) is 0. The molecule has 1 aromatic heterocycles. The molecular formula is C19H20N2O3. The van der Waals surface area contributed by atoms with Crippen molar-refractivity contribution in [2.75, 3.05) is 13.7 Å². The molecule has 1 aromatic carbocycles. The summed E-state index contributed by atoms with van der Waals surface area (Å²) < 4.78 is 4.69. The van der Waals surface area contributed by atoms with Gasteiger partial charge in [0.15, 0.2) is 0 Å². The molecule has 0 N–H and O–H groups in total. The highest BCUT2D eigenvalue weighted by molar-refractivity contribution is 5.93. The Morgan fingerprint density at radius 2 is 1.92 bits per heavy atom. The van der Waals surface area contributed by atoms with Crippen LogP contribution in [0.15, 0.2) is 54.7 Å². The summed E-state index contributed by atoms with van der Waals surface area (Å²) in [6, 6.07) is 13.2. The van der Waals surface area contributed by atoms with Crippen LogP contribution in [-0.2, 0) is 20.9 Å². The fourth-order valence-corrected chi connectivity index (χ4v) is 2.16. The second-order valence-electron chi connectivity index (χ2n) is 5.28. The number of esters is 1. The molecular weight excluding hydrogens is 304 g/mol. The first-order chi connectivity index (χ1) is 11.6. The molecule has 0 aliphatic rings. The number of ether oxygens (including phenoxy) is 1. The standard InChI is InChI=1S/C19H20N2O3/c1-15-7-3-4-8-16(15)13-21(14-19(23)24-2)18(22)11-10-17-9-5-6-12-20-17/h3-12H,13-14H2,1-2H3/b11-10+. The third-order valence-corrected chi connectivity index (χ3v) is 3.57.